The lowest BCUT2D eigenvalue weighted by molar-refractivity contribution is 0.565. The zero-order valence-corrected chi connectivity index (χ0v) is 10.8. The van der Waals surface area contributed by atoms with Gasteiger partial charge < -0.3 is 11.5 Å². The van der Waals surface area contributed by atoms with E-state index in [1.54, 1.807) is 36.7 Å². The van der Waals surface area contributed by atoms with Crippen LogP contribution in [0.15, 0.2) is 53.8 Å². The topological polar surface area (TPSA) is 104 Å². The molecule has 2 rings (SSSR count). The number of hydrogen-bond donors (Lipinski definition) is 2. The van der Waals surface area contributed by atoms with Crippen molar-refractivity contribution in [2.24, 2.45) is 10.7 Å². The van der Waals surface area contributed by atoms with Crippen LogP contribution in [-0.4, -0.2) is 15.8 Å². The van der Waals surface area contributed by atoms with Gasteiger partial charge in [-0.3, -0.25) is 4.98 Å². The largest absolute Gasteiger partial charge is 0.399 e. The first-order chi connectivity index (χ1) is 9.69. The zero-order valence-electron chi connectivity index (χ0n) is 10.8. The van der Waals surface area contributed by atoms with Gasteiger partial charge in [0.05, 0.1) is 12.2 Å². The van der Waals surface area contributed by atoms with Crippen LogP contribution in [0.1, 0.15) is 5.56 Å². The molecule has 2 aromatic rings. The number of rotatable bonds is 3. The molecule has 100 valence electrons. The predicted molar refractivity (Wildman–Crippen MR) is 77.5 cm³/mol. The summed E-state index contributed by atoms with van der Waals surface area (Å²) in [7, 11) is 0. The second-order valence-corrected chi connectivity index (χ2v) is 4.10. The van der Waals surface area contributed by atoms with Gasteiger partial charge in [-0.15, -0.1) is 0 Å². The van der Waals surface area contributed by atoms with Gasteiger partial charge in [0, 0.05) is 18.1 Å². The first kappa shape index (κ1) is 13.4. The molecular formula is C14H14N6. The Morgan fingerprint density at radius 2 is 1.85 bits per heavy atom. The van der Waals surface area contributed by atoms with Gasteiger partial charge in [-0.2, -0.15) is 5.26 Å². The molecule has 0 saturated carbocycles. The van der Waals surface area contributed by atoms with E-state index in [2.05, 4.69) is 9.98 Å². The lowest BCUT2D eigenvalue weighted by atomic mass is 10.2. The number of guanidine groups is 1. The Labute approximate surface area is 117 Å². The van der Waals surface area contributed by atoms with Crippen molar-refractivity contribution in [3.8, 4) is 6.19 Å². The van der Waals surface area contributed by atoms with Crippen LogP contribution in [0, 0.1) is 11.5 Å². The third-order valence-corrected chi connectivity index (χ3v) is 2.62. The van der Waals surface area contributed by atoms with Gasteiger partial charge in [0.25, 0.3) is 0 Å². The maximum absolute atomic E-state index is 9.17. The molecule has 1 aromatic carbocycles. The Morgan fingerprint density at radius 3 is 2.45 bits per heavy atom. The Balaban J connectivity index is 2.14. The SMILES string of the molecule is N#CN(Cc1ccc(N)cc1)C(N)=Nc1ccncc1. The molecule has 0 aliphatic carbocycles. The third-order valence-electron chi connectivity index (χ3n) is 2.62. The van der Waals surface area contributed by atoms with Crippen molar-refractivity contribution in [2.45, 2.75) is 6.54 Å². The molecule has 1 heterocycles. The minimum Gasteiger partial charge on any atom is -0.399 e. The van der Waals surface area contributed by atoms with Crippen molar-refractivity contribution in [2.75, 3.05) is 5.73 Å². The van der Waals surface area contributed by atoms with E-state index >= 15 is 0 Å². The average Bonchev–Trinajstić information content (AvgIpc) is 2.47. The molecule has 0 aliphatic rings. The summed E-state index contributed by atoms with van der Waals surface area (Å²) >= 11 is 0. The number of pyridine rings is 1. The van der Waals surface area contributed by atoms with Crippen LogP contribution in [0.2, 0.25) is 0 Å². The van der Waals surface area contributed by atoms with Gasteiger partial charge in [0.15, 0.2) is 6.19 Å². The van der Waals surface area contributed by atoms with E-state index in [0.29, 0.717) is 17.9 Å². The highest BCUT2D eigenvalue weighted by Crippen LogP contribution is 2.11. The van der Waals surface area contributed by atoms with Gasteiger partial charge in [0.1, 0.15) is 0 Å². The van der Waals surface area contributed by atoms with Crippen molar-refractivity contribution in [3.63, 3.8) is 0 Å². The Bertz CT molecular complexity index is 627. The van der Waals surface area contributed by atoms with Crippen molar-refractivity contribution in [1.29, 1.82) is 5.26 Å². The number of anilines is 1. The van der Waals surface area contributed by atoms with E-state index in [4.69, 9.17) is 16.7 Å². The monoisotopic (exact) mass is 266 g/mol. The van der Waals surface area contributed by atoms with Gasteiger partial charge in [0.2, 0.25) is 5.96 Å². The summed E-state index contributed by atoms with van der Waals surface area (Å²) in [6.07, 6.45) is 5.24. The van der Waals surface area contributed by atoms with Crippen LogP contribution < -0.4 is 11.5 Å². The molecule has 4 N–H and O–H groups in total. The van der Waals surface area contributed by atoms with Crippen molar-refractivity contribution >= 4 is 17.3 Å². The highest BCUT2D eigenvalue weighted by Gasteiger charge is 2.08. The lowest BCUT2D eigenvalue weighted by Gasteiger charge is -2.14. The summed E-state index contributed by atoms with van der Waals surface area (Å²) < 4.78 is 0. The molecule has 0 aliphatic heterocycles. The number of aromatic nitrogens is 1. The molecular weight excluding hydrogens is 252 g/mol. The molecule has 0 bridgehead atoms. The van der Waals surface area contributed by atoms with Crippen LogP contribution >= 0.6 is 0 Å². The highest BCUT2D eigenvalue weighted by atomic mass is 15.2. The normalized spacial score (nSPS) is 10.8. The Kier molecular flexibility index (Phi) is 4.14. The standard InChI is InChI=1S/C14H14N6/c15-10-20(9-11-1-3-12(16)4-2-11)14(17)19-13-5-7-18-8-6-13/h1-8H,9,16H2,(H2,17,18,19). The maximum Gasteiger partial charge on any atom is 0.210 e. The average molecular weight is 266 g/mol. The number of nitrogens with two attached hydrogens (primary N) is 2. The fourth-order valence-corrected chi connectivity index (χ4v) is 1.58. The van der Waals surface area contributed by atoms with Gasteiger partial charge >= 0.3 is 0 Å². The van der Waals surface area contributed by atoms with Crippen LogP contribution in [0.25, 0.3) is 0 Å². The summed E-state index contributed by atoms with van der Waals surface area (Å²) in [6.45, 7) is 0.344. The first-order valence-corrected chi connectivity index (χ1v) is 5.95. The van der Waals surface area contributed by atoms with Crippen LogP contribution in [-0.2, 0) is 6.54 Å². The minimum atomic E-state index is 0.135. The molecule has 1 aromatic heterocycles. The second kappa shape index (κ2) is 6.20. The molecule has 0 radical (unpaired) electrons. The smallest absolute Gasteiger partial charge is 0.210 e. The molecule has 0 saturated heterocycles. The van der Waals surface area contributed by atoms with Crippen molar-refractivity contribution in [1.82, 2.24) is 9.88 Å². The van der Waals surface area contributed by atoms with E-state index < -0.39 is 0 Å². The fraction of sp³-hybridized carbons (Fsp3) is 0.0714. The van der Waals surface area contributed by atoms with Crippen molar-refractivity contribution < 1.29 is 0 Å². The van der Waals surface area contributed by atoms with Gasteiger partial charge in [-0.25, -0.2) is 9.89 Å². The Morgan fingerprint density at radius 1 is 1.20 bits per heavy atom. The van der Waals surface area contributed by atoms with E-state index in [1.165, 1.54) is 4.90 Å². The number of benzene rings is 1. The molecule has 0 atom stereocenters. The van der Waals surface area contributed by atoms with Crippen LogP contribution in [0.5, 0.6) is 0 Å². The van der Waals surface area contributed by atoms with Crippen molar-refractivity contribution in [3.05, 3.63) is 54.4 Å². The van der Waals surface area contributed by atoms with Gasteiger partial charge in [-0.05, 0) is 29.8 Å². The third kappa shape index (κ3) is 3.46. The molecule has 0 spiro atoms. The first-order valence-electron chi connectivity index (χ1n) is 5.95. The zero-order chi connectivity index (χ0) is 14.4. The van der Waals surface area contributed by atoms with E-state index in [0.717, 1.165) is 5.56 Å². The molecule has 6 nitrogen and oxygen atoms in total. The highest BCUT2D eigenvalue weighted by molar-refractivity contribution is 5.82. The van der Waals surface area contributed by atoms with Crippen LogP contribution in [0.3, 0.4) is 0 Å². The van der Waals surface area contributed by atoms with Gasteiger partial charge in [-0.1, -0.05) is 12.1 Å². The quantitative estimate of drug-likeness (QED) is 0.288. The molecule has 20 heavy (non-hydrogen) atoms. The lowest BCUT2D eigenvalue weighted by Crippen LogP contribution is -2.32. The number of nitriles is 1. The predicted octanol–water partition coefficient (Wildman–Crippen LogP) is 1.59. The molecule has 0 amide bonds. The summed E-state index contributed by atoms with van der Waals surface area (Å²) in [6, 6.07) is 10.7. The summed E-state index contributed by atoms with van der Waals surface area (Å²) in [5, 5.41) is 9.17. The number of nitrogens with zero attached hydrogens (tertiary/aromatic N) is 4. The number of hydrogen-bond acceptors (Lipinski definition) is 4. The number of aliphatic imine (C=N–C) groups is 1. The van der Waals surface area contributed by atoms with Crippen LogP contribution in [0.4, 0.5) is 11.4 Å². The summed E-state index contributed by atoms with van der Waals surface area (Å²) in [5.41, 5.74) is 13.7. The molecule has 6 heteroatoms. The van der Waals surface area contributed by atoms with E-state index in [-0.39, 0.29) is 5.96 Å². The maximum atomic E-state index is 9.17. The Hall–Kier alpha value is -3.07. The number of nitrogen functional groups attached to an aromatic ring is 1. The summed E-state index contributed by atoms with van der Waals surface area (Å²) in [4.78, 5) is 9.38. The molecule has 0 fully saturated rings. The second-order valence-electron chi connectivity index (χ2n) is 4.10. The molecule has 0 unspecified atom stereocenters. The van der Waals surface area contributed by atoms with E-state index in [1.807, 2.05) is 18.3 Å². The fourth-order valence-electron chi connectivity index (χ4n) is 1.58. The summed E-state index contributed by atoms with van der Waals surface area (Å²) in [5.74, 6) is 0.135. The van der Waals surface area contributed by atoms with E-state index in [9.17, 15) is 0 Å². The minimum absolute atomic E-state index is 0.135.